The number of amides is 1. The molecule has 4 rings (SSSR count). The van der Waals surface area contributed by atoms with Gasteiger partial charge in [0.2, 0.25) is 5.91 Å². The van der Waals surface area contributed by atoms with Crippen LogP contribution in [0.3, 0.4) is 0 Å². The van der Waals surface area contributed by atoms with Crippen molar-refractivity contribution >= 4 is 17.2 Å². The molecule has 7 nitrogen and oxygen atoms in total. The summed E-state index contributed by atoms with van der Waals surface area (Å²) in [6.45, 7) is -1.18. The summed E-state index contributed by atoms with van der Waals surface area (Å²) in [5.74, 6) is -1.12. The molecule has 0 aliphatic carbocycles. The monoisotopic (exact) mass is 504 g/mol. The number of hydrogen-bond acceptors (Lipinski definition) is 5. The van der Waals surface area contributed by atoms with Crippen LogP contribution in [0.5, 0.6) is 11.5 Å². The third-order valence-electron chi connectivity index (χ3n) is 5.87. The van der Waals surface area contributed by atoms with E-state index < -0.39 is 30.8 Å². The first-order chi connectivity index (χ1) is 17.3. The molecule has 1 amide bonds. The van der Waals surface area contributed by atoms with Crippen LogP contribution in [0, 0.1) is 0 Å². The van der Waals surface area contributed by atoms with Crippen LogP contribution in [0.1, 0.15) is 11.3 Å². The second-order valence-corrected chi connectivity index (χ2v) is 8.08. The first-order valence-electron chi connectivity index (χ1n) is 11.1. The Kier molecular flexibility index (Phi) is 7.77. The molecule has 0 saturated carbocycles. The molecule has 1 fully saturated rings. The van der Waals surface area contributed by atoms with E-state index in [0.29, 0.717) is 36.6 Å². The molecule has 2 aromatic carbocycles. The van der Waals surface area contributed by atoms with Crippen LogP contribution in [0.2, 0.25) is 0 Å². The molecule has 36 heavy (non-hydrogen) atoms. The lowest BCUT2D eigenvalue weighted by Gasteiger charge is -2.43. The average molecular weight is 504 g/mol. The molecule has 1 aromatic heterocycles. The molecule has 190 valence electrons. The van der Waals surface area contributed by atoms with Crippen molar-refractivity contribution in [1.82, 2.24) is 14.9 Å². The first-order valence-corrected chi connectivity index (χ1v) is 11.1. The molecule has 1 N–H and O–H groups in total. The van der Waals surface area contributed by atoms with E-state index in [9.17, 15) is 22.4 Å². The number of hydrogen-bond donors (Lipinski definition) is 1. The number of H-pyrrole nitrogens is 1. The molecule has 2 heterocycles. The number of nitrogens with zero attached hydrogens (tertiary/aromatic N) is 3. The number of nitrogens with one attached hydrogen (secondary N) is 1. The van der Waals surface area contributed by atoms with Crippen molar-refractivity contribution < 1.29 is 31.8 Å². The highest BCUT2D eigenvalue weighted by atomic mass is 19.3. The van der Waals surface area contributed by atoms with Crippen molar-refractivity contribution in [1.29, 1.82) is 0 Å². The Morgan fingerprint density at radius 3 is 2.44 bits per heavy atom. The quantitative estimate of drug-likeness (QED) is 0.432. The van der Waals surface area contributed by atoms with E-state index in [-0.39, 0.29) is 12.3 Å². The number of imidazole rings is 1. The molecule has 0 radical (unpaired) electrons. The Bertz CT molecular complexity index is 1180. The molecule has 1 saturated heterocycles. The first kappa shape index (κ1) is 25.1. The Labute approximate surface area is 204 Å². The van der Waals surface area contributed by atoms with E-state index in [2.05, 4.69) is 26.0 Å². The molecule has 3 aromatic rings. The molecular weight excluding hydrogens is 480 g/mol. The molecule has 0 bridgehead atoms. The molecule has 11 heteroatoms. The van der Waals surface area contributed by atoms with E-state index in [1.165, 1.54) is 18.5 Å². The van der Waals surface area contributed by atoms with Gasteiger partial charge in [0.15, 0.2) is 11.5 Å². The summed E-state index contributed by atoms with van der Waals surface area (Å²) in [5.41, 5.74) is 2.69. The van der Waals surface area contributed by atoms with Gasteiger partial charge in [-0.05, 0) is 23.3 Å². The van der Waals surface area contributed by atoms with E-state index in [0.717, 1.165) is 11.6 Å². The SMILES string of the molecule is C=C(c1ccccc1)C1CN(c2ccc(OC(F)F)c(OC(F)F)c2)CCN1C(=O)Cc1cnc[nH]1. The minimum absolute atomic E-state index is 0.122. The van der Waals surface area contributed by atoms with E-state index in [4.69, 9.17) is 0 Å². The van der Waals surface area contributed by atoms with Crippen LogP contribution >= 0.6 is 0 Å². The standard InChI is InChI=1S/C25H24F4N4O3/c1-16(17-5-3-2-4-6-17)20-14-32(9-10-33(20)23(34)11-18-13-30-15-31-18)19-7-8-21(35-24(26)27)22(12-19)36-25(28)29/h2-8,12-13,15,20,24-25H,1,9-11,14H2,(H,30,31). The van der Waals surface area contributed by atoms with Crippen molar-refractivity contribution in [3.63, 3.8) is 0 Å². The highest BCUT2D eigenvalue weighted by Crippen LogP contribution is 2.36. The summed E-state index contributed by atoms with van der Waals surface area (Å²) in [6, 6.07) is 12.8. The van der Waals surface area contributed by atoms with Crippen molar-refractivity contribution in [3.05, 3.63) is 78.9 Å². The van der Waals surface area contributed by atoms with Gasteiger partial charge in [0.1, 0.15) is 0 Å². The van der Waals surface area contributed by atoms with Gasteiger partial charge in [0.05, 0.1) is 18.8 Å². The number of alkyl halides is 4. The van der Waals surface area contributed by atoms with E-state index in [1.807, 2.05) is 35.2 Å². The maximum atomic E-state index is 13.2. The number of benzene rings is 2. The average Bonchev–Trinajstić information content (AvgIpc) is 3.37. The zero-order valence-corrected chi connectivity index (χ0v) is 19.1. The number of aromatic nitrogens is 2. The zero-order chi connectivity index (χ0) is 25.7. The predicted molar refractivity (Wildman–Crippen MR) is 125 cm³/mol. The number of piperazine rings is 1. The lowest BCUT2D eigenvalue weighted by Crippen LogP contribution is -2.56. The van der Waals surface area contributed by atoms with Crippen molar-refractivity contribution in [2.75, 3.05) is 24.5 Å². The van der Waals surface area contributed by atoms with Crippen LogP contribution in [0.4, 0.5) is 23.2 Å². The number of carbonyl (C=O) groups is 1. The zero-order valence-electron chi connectivity index (χ0n) is 19.1. The van der Waals surface area contributed by atoms with Crippen LogP contribution in [-0.4, -0.2) is 59.7 Å². The molecule has 1 unspecified atom stereocenters. The third kappa shape index (κ3) is 5.96. The van der Waals surface area contributed by atoms with Crippen molar-refractivity contribution in [3.8, 4) is 11.5 Å². The minimum atomic E-state index is -3.22. The number of halogens is 4. The second-order valence-electron chi connectivity index (χ2n) is 8.08. The second kappa shape index (κ2) is 11.1. The lowest BCUT2D eigenvalue weighted by atomic mass is 9.96. The Balaban J connectivity index is 1.61. The summed E-state index contributed by atoms with van der Waals surface area (Å²) in [6.07, 6.45) is 3.22. The molecule has 1 aliphatic heterocycles. The topological polar surface area (TPSA) is 70.7 Å². The fourth-order valence-electron chi connectivity index (χ4n) is 4.18. The number of ether oxygens (including phenoxy) is 2. The number of anilines is 1. The Morgan fingerprint density at radius 1 is 1.06 bits per heavy atom. The summed E-state index contributed by atoms with van der Waals surface area (Å²) in [7, 11) is 0. The molecule has 1 aliphatic rings. The van der Waals surface area contributed by atoms with Crippen molar-refractivity contribution in [2.45, 2.75) is 25.7 Å². The highest BCUT2D eigenvalue weighted by Gasteiger charge is 2.33. The van der Waals surface area contributed by atoms with Crippen LogP contribution in [0.15, 0.2) is 67.6 Å². The van der Waals surface area contributed by atoms with Gasteiger partial charge in [-0.15, -0.1) is 0 Å². The van der Waals surface area contributed by atoms with Gasteiger partial charge in [0, 0.05) is 43.3 Å². The number of rotatable bonds is 9. The van der Waals surface area contributed by atoms with E-state index >= 15 is 0 Å². The molecule has 0 spiro atoms. The minimum Gasteiger partial charge on any atom is -0.431 e. The van der Waals surface area contributed by atoms with Crippen LogP contribution < -0.4 is 14.4 Å². The maximum absolute atomic E-state index is 13.2. The maximum Gasteiger partial charge on any atom is 0.387 e. The van der Waals surface area contributed by atoms with Crippen molar-refractivity contribution in [2.24, 2.45) is 0 Å². The van der Waals surface area contributed by atoms with Gasteiger partial charge in [-0.3, -0.25) is 4.79 Å². The fourth-order valence-corrected chi connectivity index (χ4v) is 4.18. The normalized spacial score (nSPS) is 15.9. The number of carbonyl (C=O) groups excluding carboxylic acids is 1. The van der Waals surface area contributed by atoms with Gasteiger partial charge in [-0.1, -0.05) is 36.9 Å². The van der Waals surface area contributed by atoms with Gasteiger partial charge in [-0.25, -0.2) is 4.98 Å². The largest absolute Gasteiger partial charge is 0.431 e. The van der Waals surface area contributed by atoms with Gasteiger partial charge < -0.3 is 24.3 Å². The van der Waals surface area contributed by atoms with Gasteiger partial charge in [-0.2, -0.15) is 17.6 Å². The highest BCUT2D eigenvalue weighted by molar-refractivity contribution is 5.83. The van der Waals surface area contributed by atoms with Crippen LogP contribution in [0.25, 0.3) is 5.57 Å². The Morgan fingerprint density at radius 2 is 1.78 bits per heavy atom. The fraction of sp³-hybridized carbons (Fsp3) is 0.280. The summed E-state index contributed by atoms with van der Waals surface area (Å²) in [5, 5.41) is 0. The van der Waals surface area contributed by atoms with E-state index in [1.54, 1.807) is 11.1 Å². The Hall–Kier alpha value is -4.02. The van der Waals surface area contributed by atoms with Gasteiger partial charge >= 0.3 is 13.2 Å². The lowest BCUT2D eigenvalue weighted by molar-refractivity contribution is -0.132. The third-order valence-corrected chi connectivity index (χ3v) is 5.87. The molecular formula is C25H24F4N4O3. The summed E-state index contributed by atoms with van der Waals surface area (Å²) in [4.78, 5) is 23.7. The summed E-state index contributed by atoms with van der Waals surface area (Å²) >= 11 is 0. The molecule has 1 atom stereocenters. The van der Waals surface area contributed by atoms with Gasteiger partial charge in [0.25, 0.3) is 0 Å². The van der Waals surface area contributed by atoms with Crippen LogP contribution in [-0.2, 0) is 11.2 Å². The predicted octanol–water partition coefficient (Wildman–Crippen LogP) is 4.59. The number of aromatic amines is 1. The smallest absolute Gasteiger partial charge is 0.387 e. The summed E-state index contributed by atoms with van der Waals surface area (Å²) < 4.78 is 60.0.